The number of aromatic nitrogens is 2. The highest BCUT2D eigenvalue weighted by molar-refractivity contribution is 5.69. The first-order valence-corrected chi connectivity index (χ1v) is 8.47. The van der Waals surface area contributed by atoms with E-state index in [1.807, 2.05) is 26.0 Å². The topological polar surface area (TPSA) is 102 Å². The Hall–Kier alpha value is -2.63. The Morgan fingerprint density at radius 1 is 1.12 bits per heavy atom. The average Bonchev–Trinajstić information content (AvgIpc) is 3.08. The first kappa shape index (κ1) is 17.7. The predicted molar refractivity (Wildman–Crippen MR) is 94.0 cm³/mol. The van der Waals surface area contributed by atoms with Crippen molar-refractivity contribution in [2.24, 2.45) is 5.73 Å². The van der Waals surface area contributed by atoms with Crippen LogP contribution in [0.5, 0.6) is 0 Å². The lowest BCUT2D eigenvalue weighted by molar-refractivity contribution is 0.390. The zero-order valence-corrected chi connectivity index (χ0v) is 14.2. The molecule has 0 atom stereocenters. The first-order chi connectivity index (χ1) is 11.7. The second-order valence-electron chi connectivity index (χ2n) is 5.78. The average molecular weight is 321 g/mol. The maximum atomic E-state index is 9.56. The predicted octanol–water partition coefficient (Wildman–Crippen LogP) is 3.83. The third kappa shape index (κ3) is 3.64. The number of rotatable bonds is 2. The van der Waals surface area contributed by atoms with Crippen LogP contribution in [0.2, 0.25) is 0 Å². The minimum Gasteiger partial charge on any atom is -0.328 e. The number of nitrogens with zero attached hydrogens (tertiary/aromatic N) is 3. The van der Waals surface area contributed by atoms with Gasteiger partial charge >= 0.3 is 0 Å². The maximum absolute atomic E-state index is 9.56. The van der Waals surface area contributed by atoms with Crippen molar-refractivity contribution < 1.29 is 0 Å². The van der Waals surface area contributed by atoms with Crippen LogP contribution < -0.4 is 5.73 Å². The Bertz CT molecular complexity index is 755. The lowest BCUT2D eigenvalue weighted by Crippen LogP contribution is -2.26. The highest BCUT2D eigenvalue weighted by atomic mass is 15.1. The Kier molecular flexibility index (Phi) is 6.12. The van der Waals surface area contributed by atoms with Crippen LogP contribution >= 0.6 is 0 Å². The molecule has 1 aromatic heterocycles. The van der Waals surface area contributed by atoms with Crippen molar-refractivity contribution in [3.8, 4) is 23.4 Å². The van der Waals surface area contributed by atoms with Crippen molar-refractivity contribution in [2.45, 2.75) is 51.5 Å². The van der Waals surface area contributed by atoms with Crippen molar-refractivity contribution in [3.63, 3.8) is 0 Å². The van der Waals surface area contributed by atoms with Gasteiger partial charge < -0.3 is 5.73 Å². The first-order valence-electron chi connectivity index (χ1n) is 8.47. The van der Waals surface area contributed by atoms with Crippen LogP contribution in [-0.2, 0) is 0 Å². The number of nitriles is 2. The third-order valence-corrected chi connectivity index (χ3v) is 4.35. The molecule has 1 aromatic carbocycles. The number of hydrogen-bond acceptors (Lipinski definition) is 4. The summed E-state index contributed by atoms with van der Waals surface area (Å²) in [5.41, 5.74) is 9.44. The Morgan fingerprint density at radius 2 is 1.83 bits per heavy atom. The van der Waals surface area contributed by atoms with Crippen molar-refractivity contribution in [3.05, 3.63) is 41.1 Å². The van der Waals surface area contributed by atoms with Gasteiger partial charge in [0.25, 0.3) is 0 Å². The Morgan fingerprint density at radius 3 is 2.46 bits per heavy atom. The molecule has 1 aliphatic rings. The van der Waals surface area contributed by atoms with E-state index in [2.05, 4.69) is 22.3 Å². The molecule has 1 saturated carbocycles. The summed E-state index contributed by atoms with van der Waals surface area (Å²) in [7, 11) is 0. The normalized spacial score (nSPS) is 19.5. The Labute approximate surface area is 143 Å². The number of H-pyrrole nitrogens is 1. The van der Waals surface area contributed by atoms with E-state index in [1.54, 1.807) is 12.1 Å². The van der Waals surface area contributed by atoms with E-state index >= 15 is 0 Å². The zero-order chi connectivity index (χ0) is 17.5. The molecule has 0 amide bonds. The Balaban J connectivity index is 0.00000100. The fourth-order valence-electron chi connectivity index (χ4n) is 3.12. The molecule has 1 fully saturated rings. The standard InChI is InChI=1S/C17H17N5.C2H6/c18-9-11-2-1-3-13(8-11)17-15(10-19)16(21-22-17)12-4-6-14(20)7-5-12;1-2/h1-3,8,12,14H,4-7,20H2,(H,21,22);1-2H3. The lowest BCUT2D eigenvalue weighted by Gasteiger charge is -2.25. The van der Waals surface area contributed by atoms with Gasteiger partial charge in [0.2, 0.25) is 0 Å². The molecule has 24 heavy (non-hydrogen) atoms. The molecule has 3 rings (SSSR count). The molecule has 124 valence electrons. The van der Waals surface area contributed by atoms with Gasteiger partial charge in [-0.25, -0.2) is 0 Å². The van der Waals surface area contributed by atoms with Crippen molar-refractivity contribution in [1.29, 1.82) is 10.5 Å². The maximum Gasteiger partial charge on any atom is 0.110 e. The van der Waals surface area contributed by atoms with Crippen LogP contribution in [0.3, 0.4) is 0 Å². The van der Waals surface area contributed by atoms with Crippen LogP contribution in [0.25, 0.3) is 11.3 Å². The number of nitrogens with two attached hydrogens (primary N) is 1. The molecular formula is C19H23N5. The van der Waals surface area contributed by atoms with Crippen molar-refractivity contribution >= 4 is 0 Å². The van der Waals surface area contributed by atoms with E-state index in [0.29, 0.717) is 22.7 Å². The number of aromatic amines is 1. The monoisotopic (exact) mass is 321 g/mol. The number of nitrogens with one attached hydrogen (secondary N) is 1. The van der Waals surface area contributed by atoms with Gasteiger partial charge in [-0.1, -0.05) is 26.0 Å². The van der Waals surface area contributed by atoms with E-state index < -0.39 is 0 Å². The van der Waals surface area contributed by atoms with Gasteiger partial charge in [0, 0.05) is 17.5 Å². The van der Waals surface area contributed by atoms with E-state index in [1.165, 1.54) is 0 Å². The molecule has 5 nitrogen and oxygen atoms in total. The molecule has 0 bridgehead atoms. The van der Waals surface area contributed by atoms with Crippen molar-refractivity contribution in [1.82, 2.24) is 10.2 Å². The van der Waals surface area contributed by atoms with Crippen LogP contribution in [0.1, 0.15) is 62.3 Å². The van der Waals surface area contributed by atoms with Gasteiger partial charge in [-0.05, 0) is 37.8 Å². The highest BCUT2D eigenvalue weighted by Gasteiger charge is 2.26. The van der Waals surface area contributed by atoms with Gasteiger partial charge in [-0.15, -0.1) is 0 Å². The summed E-state index contributed by atoms with van der Waals surface area (Å²) in [6.45, 7) is 4.00. The highest BCUT2D eigenvalue weighted by Crippen LogP contribution is 2.35. The van der Waals surface area contributed by atoms with E-state index in [4.69, 9.17) is 11.0 Å². The third-order valence-electron chi connectivity index (χ3n) is 4.35. The largest absolute Gasteiger partial charge is 0.328 e. The summed E-state index contributed by atoms with van der Waals surface area (Å²) in [6.07, 6.45) is 3.92. The molecule has 0 saturated heterocycles. The molecular weight excluding hydrogens is 298 g/mol. The lowest BCUT2D eigenvalue weighted by atomic mass is 9.83. The minimum absolute atomic E-state index is 0.275. The second-order valence-corrected chi connectivity index (χ2v) is 5.78. The summed E-state index contributed by atoms with van der Waals surface area (Å²) in [6, 6.07) is 11.9. The summed E-state index contributed by atoms with van der Waals surface area (Å²) in [4.78, 5) is 0. The minimum atomic E-state index is 0.275. The fraction of sp³-hybridized carbons (Fsp3) is 0.421. The molecule has 1 heterocycles. The second kappa shape index (κ2) is 8.29. The molecule has 2 aromatic rings. The van der Waals surface area contributed by atoms with E-state index in [0.717, 1.165) is 36.9 Å². The number of benzene rings is 1. The van der Waals surface area contributed by atoms with E-state index in [9.17, 15) is 5.26 Å². The fourth-order valence-corrected chi connectivity index (χ4v) is 3.12. The molecule has 0 radical (unpaired) electrons. The quantitative estimate of drug-likeness (QED) is 0.877. The van der Waals surface area contributed by atoms with Crippen LogP contribution in [0, 0.1) is 22.7 Å². The van der Waals surface area contributed by atoms with E-state index in [-0.39, 0.29) is 6.04 Å². The summed E-state index contributed by atoms with van der Waals surface area (Å²) in [5.74, 6) is 0.315. The van der Waals surface area contributed by atoms with Crippen molar-refractivity contribution in [2.75, 3.05) is 0 Å². The van der Waals surface area contributed by atoms with Crippen LogP contribution in [0.4, 0.5) is 0 Å². The zero-order valence-electron chi connectivity index (χ0n) is 14.2. The summed E-state index contributed by atoms with van der Waals surface area (Å²) < 4.78 is 0. The van der Waals surface area contributed by atoms with Gasteiger partial charge in [0.1, 0.15) is 17.3 Å². The SMILES string of the molecule is CC.N#Cc1cccc(-c2n[nH]c(C3CCC(N)CC3)c2C#N)c1. The smallest absolute Gasteiger partial charge is 0.110 e. The molecule has 0 unspecified atom stereocenters. The molecule has 5 heteroatoms. The molecule has 3 N–H and O–H groups in total. The molecule has 0 aliphatic heterocycles. The van der Waals surface area contributed by atoms with Crippen LogP contribution in [-0.4, -0.2) is 16.2 Å². The molecule has 1 aliphatic carbocycles. The summed E-state index contributed by atoms with van der Waals surface area (Å²) in [5, 5.41) is 26.0. The van der Waals surface area contributed by atoms with Gasteiger partial charge in [0.15, 0.2) is 0 Å². The molecule has 0 spiro atoms. The number of hydrogen-bond donors (Lipinski definition) is 2. The van der Waals surface area contributed by atoms with Crippen LogP contribution in [0.15, 0.2) is 24.3 Å². The van der Waals surface area contributed by atoms with Gasteiger partial charge in [-0.2, -0.15) is 15.6 Å². The van der Waals surface area contributed by atoms with Gasteiger partial charge in [0.05, 0.1) is 17.3 Å². The summed E-state index contributed by atoms with van der Waals surface area (Å²) >= 11 is 0. The van der Waals surface area contributed by atoms with Gasteiger partial charge in [-0.3, -0.25) is 5.10 Å².